The molecule has 0 aromatic heterocycles. The number of hydrogen-bond acceptors (Lipinski definition) is 2. The number of benzene rings is 1. The number of carbonyl (C=O) groups excluding carboxylic acids is 2. The standard InChI is InChI=1S/C10H9BN2O2/c1-13-8-3-2-6(11)4-7(8)10(15)12-5-9(13)14/h2-4H,5H2,1H3,(H,12,15). The Balaban J connectivity index is 2.59. The second-order valence-electron chi connectivity index (χ2n) is 3.41. The van der Waals surface area contributed by atoms with Gasteiger partial charge in [-0.05, 0) is 6.07 Å². The molecule has 1 aromatic rings. The van der Waals surface area contributed by atoms with E-state index in [0.717, 1.165) is 0 Å². The van der Waals surface area contributed by atoms with Crippen molar-refractivity contribution in [2.24, 2.45) is 0 Å². The number of amides is 2. The first kappa shape index (κ1) is 9.77. The molecule has 0 spiro atoms. The third-order valence-electron chi connectivity index (χ3n) is 2.40. The van der Waals surface area contributed by atoms with Crippen LogP contribution >= 0.6 is 0 Å². The van der Waals surface area contributed by atoms with Crippen molar-refractivity contribution in [3.8, 4) is 0 Å². The molecule has 4 nitrogen and oxygen atoms in total. The second kappa shape index (κ2) is 3.42. The number of nitrogens with one attached hydrogen (secondary N) is 1. The normalized spacial score (nSPS) is 15.7. The summed E-state index contributed by atoms with van der Waals surface area (Å²) in [6.45, 7) is 0.0178. The number of carbonyl (C=O) groups is 2. The summed E-state index contributed by atoms with van der Waals surface area (Å²) in [6, 6.07) is 4.91. The van der Waals surface area contributed by atoms with Gasteiger partial charge in [0.05, 0.1) is 17.8 Å². The smallest absolute Gasteiger partial charge is 0.253 e. The van der Waals surface area contributed by atoms with E-state index < -0.39 is 0 Å². The van der Waals surface area contributed by atoms with Crippen LogP contribution in [0.5, 0.6) is 0 Å². The van der Waals surface area contributed by atoms with Gasteiger partial charge in [-0.2, -0.15) is 0 Å². The summed E-state index contributed by atoms with van der Waals surface area (Å²) in [5.74, 6) is -0.415. The molecular weight excluding hydrogens is 191 g/mol. The highest BCUT2D eigenvalue weighted by Gasteiger charge is 2.23. The van der Waals surface area contributed by atoms with E-state index in [0.29, 0.717) is 16.7 Å². The van der Waals surface area contributed by atoms with Gasteiger partial charge in [0.2, 0.25) is 5.91 Å². The zero-order chi connectivity index (χ0) is 11.0. The van der Waals surface area contributed by atoms with Crippen LogP contribution in [0.25, 0.3) is 0 Å². The summed E-state index contributed by atoms with van der Waals surface area (Å²) in [5, 5.41) is 2.52. The zero-order valence-corrected chi connectivity index (χ0v) is 8.28. The van der Waals surface area contributed by atoms with Gasteiger partial charge in [-0.1, -0.05) is 17.6 Å². The fraction of sp³-hybridized carbons (Fsp3) is 0.200. The molecule has 0 bridgehead atoms. The summed E-state index contributed by atoms with van der Waals surface area (Å²) in [7, 11) is 7.23. The third-order valence-corrected chi connectivity index (χ3v) is 2.40. The Hall–Kier alpha value is -1.78. The van der Waals surface area contributed by atoms with E-state index in [-0.39, 0.29) is 18.4 Å². The van der Waals surface area contributed by atoms with Crippen LogP contribution in [0, 0.1) is 0 Å². The van der Waals surface area contributed by atoms with E-state index in [9.17, 15) is 9.59 Å². The van der Waals surface area contributed by atoms with Crippen molar-refractivity contribution in [1.82, 2.24) is 5.32 Å². The topological polar surface area (TPSA) is 49.4 Å². The number of rotatable bonds is 0. The van der Waals surface area contributed by atoms with Gasteiger partial charge < -0.3 is 10.2 Å². The van der Waals surface area contributed by atoms with Gasteiger partial charge in [-0.3, -0.25) is 9.59 Å². The largest absolute Gasteiger partial charge is 0.343 e. The Bertz CT molecular complexity index is 445. The number of anilines is 1. The minimum atomic E-state index is -0.269. The summed E-state index contributed by atoms with van der Waals surface area (Å²) in [5.41, 5.74) is 1.53. The van der Waals surface area contributed by atoms with Crippen molar-refractivity contribution in [1.29, 1.82) is 0 Å². The Morgan fingerprint density at radius 2 is 2.13 bits per heavy atom. The van der Waals surface area contributed by atoms with E-state index >= 15 is 0 Å². The highest BCUT2D eigenvalue weighted by Crippen LogP contribution is 2.19. The monoisotopic (exact) mass is 200 g/mol. The van der Waals surface area contributed by atoms with E-state index in [1.54, 1.807) is 25.2 Å². The summed E-state index contributed by atoms with van der Waals surface area (Å²) in [4.78, 5) is 24.5. The van der Waals surface area contributed by atoms with Gasteiger partial charge in [-0.15, -0.1) is 0 Å². The van der Waals surface area contributed by atoms with Crippen molar-refractivity contribution in [2.45, 2.75) is 0 Å². The fourth-order valence-electron chi connectivity index (χ4n) is 1.53. The van der Waals surface area contributed by atoms with Crippen molar-refractivity contribution in [3.63, 3.8) is 0 Å². The Labute approximate surface area is 88.7 Å². The van der Waals surface area contributed by atoms with Crippen LogP contribution in [0.1, 0.15) is 10.4 Å². The third kappa shape index (κ3) is 1.60. The second-order valence-corrected chi connectivity index (χ2v) is 3.41. The minimum Gasteiger partial charge on any atom is -0.343 e. The van der Waals surface area contributed by atoms with Crippen LogP contribution in [0.15, 0.2) is 18.2 Å². The van der Waals surface area contributed by atoms with Gasteiger partial charge >= 0.3 is 0 Å². The molecule has 0 unspecified atom stereocenters. The zero-order valence-electron chi connectivity index (χ0n) is 8.28. The first-order valence-corrected chi connectivity index (χ1v) is 4.54. The molecule has 1 N–H and O–H groups in total. The molecule has 15 heavy (non-hydrogen) atoms. The Morgan fingerprint density at radius 3 is 2.87 bits per heavy atom. The molecule has 0 saturated heterocycles. The van der Waals surface area contributed by atoms with Crippen LogP contribution in [0.2, 0.25) is 0 Å². The number of fused-ring (bicyclic) bond motifs is 1. The molecule has 1 aliphatic heterocycles. The lowest BCUT2D eigenvalue weighted by Crippen LogP contribution is -2.33. The quantitative estimate of drug-likeness (QED) is 0.556. The molecule has 2 radical (unpaired) electrons. The SMILES string of the molecule is [B]c1ccc2c(c1)C(=O)NCC(=O)N2C. The van der Waals surface area contributed by atoms with Crippen LogP contribution < -0.4 is 15.7 Å². The van der Waals surface area contributed by atoms with Crippen LogP contribution in [0.4, 0.5) is 5.69 Å². The lowest BCUT2D eigenvalue weighted by atomic mass is 9.93. The van der Waals surface area contributed by atoms with Gasteiger partial charge in [0.15, 0.2) is 0 Å². The first-order chi connectivity index (χ1) is 7.09. The fourth-order valence-corrected chi connectivity index (χ4v) is 1.53. The van der Waals surface area contributed by atoms with Crippen molar-refractivity contribution in [3.05, 3.63) is 23.8 Å². The summed E-state index contributed by atoms with van der Waals surface area (Å²) < 4.78 is 0. The lowest BCUT2D eigenvalue weighted by molar-refractivity contribution is -0.117. The maximum absolute atomic E-state index is 11.6. The van der Waals surface area contributed by atoms with E-state index in [1.807, 2.05) is 0 Å². The molecule has 74 valence electrons. The molecule has 0 fully saturated rings. The molecule has 1 aliphatic rings. The minimum absolute atomic E-state index is 0.0178. The molecule has 1 aromatic carbocycles. The predicted molar refractivity (Wildman–Crippen MR) is 57.6 cm³/mol. The van der Waals surface area contributed by atoms with Crippen molar-refractivity contribution < 1.29 is 9.59 Å². The van der Waals surface area contributed by atoms with Crippen molar-refractivity contribution in [2.75, 3.05) is 18.5 Å². The van der Waals surface area contributed by atoms with Gasteiger partial charge in [-0.25, -0.2) is 0 Å². The number of nitrogens with zero attached hydrogens (tertiary/aromatic N) is 1. The number of hydrogen-bond donors (Lipinski definition) is 1. The van der Waals surface area contributed by atoms with Gasteiger partial charge in [0.25, 0.3) is 5.91 Å². The average molecular weight is 200 g/mol. The Kier molecular flexibility index (Phi) is 2.23. The maximum Gasteiger partial charge on any atom is 0.253 e. The van der Waals surface area contributed by atoms with Crippen LogP contribution in [-0.2, 0) is 4.79 Å². The molecule has 2 amide bonds. The molecular formula is C10H9BN2O2. The van der Waals surface area contributed by atoms with Gasteiger partial charge in [0.1, 0.15) is 7.85 Å². The summed E-state index contributed by atoms with van der Waals surface area (Å²) >= 11 is 0. The highest BCUT2D eigenvalue weighted by atomic mass is 16.2. The molecule has 2 rings (SSSR count). The molecule has 0 saturated carbocycles. The lowest BCUT2D eigenvalue weighted by Gasteiger charge is -2.16. The van der Waals surface area contributed by atoms with Crippen LogP contribution in [-0.4, -0.2) is 33.3 Å². The van der Waals surface area contributed by atoms with Gasteiger partial charge in [0, 0.05) is 7.05 Å². The predicted octanol–water partition coefficient (Wildman–Crippen LogP) is -0.813. The number of likely N-dealkylation sites (N-methyl/N-ethyl adjacent to an activating group) is 1. The first-order valence-electron chi connectivity index (χ1n) is 4.54. The Morgan fingerprint density at radius 1 is 1.40 bits per heavy atom. The van der Waals surface area contributed by atoms with Crippen molar-refractivity contribution >= 4 is 30.8 Å². The molecule has 0 atom stereocenters. The highest BCUT2D eigenvalue weighted by molar-refractivity contribution is 6.33. The maximum atomic E-state index is 11.6. The molecule has 0 aliphatic carbocycles. The van der Waals surface area contributed by atoms with Crippen LogP contribution in [0.3, 0.4) is 0 Å². The molecule has 1 heterocycles. The van der Waals surface area contributed by atoms with E-state index in [2.05, 4.69) is 5.32 Å². The van der Waals surface area contributed by atoms with E-state index in [4.69, 9.17) is 7.85 Å². The average Bonchev–Trinajstić information content (AvgIpc) is 2.32. The van der Waals surface area contributed by atoms with E-state index in [1.165, 1.54) is 4.90 Å². The summed E-state index contributed by atoms with van der Waals surface area (Å²) in [6.07, 6.45) is 0. The molecule has 5 heteroatoms.